The molecule has 1 aliphatic rings. The van der Waals surface area contributed by atoms with E-state index in [0.29, 0.717) is 0 Å². The lowest BCUT2D eigenvalue weighted by Crippen LogP contribution is -2.29. The van der Waals surface area contributed by atoms with Crippen LogP contribution in [0.2, 0.25) is 0 Å². The average molecular weight is 261 g/mol. The molecule has 0 aromatic heterocycles. The lowest BCUT2D eigenvalue weighted by Gasteiger charge is -2.15. The number of hydrogen-bond donors (Lipinski definition) is 2. The number of hydrogen-bond acceptors (Lipinski definition) is 4. The van der Waals surface area contributed by atoms with E-state index in [-0.39, 0.29) is 18.0 Å². The molecule has 1 aliphatic heterocycles. The van der Waals surface area contributed by atoms with Gasteiger partial charge in [0.05, 0.1) is 17.1 Å². The van der Waals surface area contributed by atoms with Crippen molar-refractivity contribution < 1.29 is 23.0 Å². The summed E-state index contributed by atoms with van der Waals surface area (Å²) in [5, 5.41) is 18.6. The molecule has 1 aromatic carbocycles. The monoisotopic (exact) mass is 261 g/mol. The van der Waals surface area contributed by atoms with Gasteiger partial charge in [-0.2, -0.15) is 4.31 Å². The van der Waals surface area contributed by atoms with Gasteiger partial charge in [-0.25, -0.2) is 12.8 Å². The van der Waals surface area contributed by atoms with Crippen LogP contribution in [0.4, 0.5) is 4.39 Å². The van der Waals surface area contributed by atoms with Crippen LogP contribution in [0.15, 0.2) is 29.2 Å². The van der Waals surface area contributed by atoms with Crippen molar-refractivity contribution in [1.82, 2.24) is 4.31 Å². The van der Waals surface area contributed by atoms with Gasteiger partial charge in [-0.1, -0.05) is 0 Å². The molecule has 1 aromatic rings. The summed E-state index contributed by atoms with van der Waals surface area (Å²) in [6.45, 7) is -0.304. The Labute approximate surface area is 98.2 Å². The fraction of sp³-hybridized carbons (Fsp3) is 0.400. The van der Waals surface area contributed by atoms with Crippen LogP contribution in [0.3, 0.4) is 0 Å². The number of benzene rings is 1. The summed E-state index contributed by atoms with van der Waals surface area (Å²) in [5.74, 6) is -0.523. The molecule has 7 heteroatoms. The minimum absolute atomic E-state index is 0.0554. The molecule has 2 N–H and O–H groups in total. The van der Waals surface area contributed by atoms with Crippen molar-refractivity contribution in [2.45, 2.75) is 17.1 Å². The summed E-state index contributed by atoms with van der Waals surface area (Å²) in [6.07, 6.45) is -2.16. The highest BCUT2D eigenvalue weighted by Gasteiger charge is 2.37. The number of β-amino-alcohol motifs (C(OH)–C–C–N with tert-alkyl or cyclic N) is 2. The average Bonchev–Trinajstić information content (AvgIpc) is 2.60. The van der Waals surface area contributed by atoms with Gasteiger partial charge in [-0.05, 0) is 24.3 Å². The molecule has 0 bridgehead atoms. The first-order chi connectivity index (χ1) is 7.91. The number of sulfonamides is 1. The molecule has 0 radical (unpaired) electrons. The van der Waals surface area contributed by atoms with Gasteiger partial charge >= 0.3 is 0 Å². The van der Waals surface area contributed by atoms with E-state index in [4.69, 9.17) is 0 Å². The zero-order valence-electron chi connectivity index (χ0n) is 8.82. The molecule has 1 saturated heterocycles. The molecule has 5 nitrogen and oxygen atoms in total. The zero-order chi connectivity index (χ0) is 12.6. The molecule has 2 unspecified atom stereocenters. The molecule has 0 amide bonds. The quantitative estimate of drug-likeness (QED) is 0.756. The molecule has 0 spiro atoms. The van der Waals surface area contributed by atoms with Crippen LogP contribution in [0.1, 0.15) is 0 Å². The summed E-state index contributed by atoms with van der Waals surface area (Å²) < 4.78 is 37.7. The number of nitrogens with zero attached hydrogens (tertiary/aromatic N) is 1. The summed E-state index contributed by atoms with van der Waals surface area (Å²) >= 11 is 0. The third-order valence-electron chi connectivity index (χ3n) is 2.68. The number of aliphatic hydroxyl groups is 2. The number of rotatable bonds is 2. The maximum absolute atomic E-state index is 12.7. The molecule has 94 valence electrons. The van der Waals surface area contributed by atoms with Crippen LogP contribution in [-0.2, 0) is 10.0 Å². The topological polar surface area (TPSA) is 77.8 Å². The highest BCUT2D eigenvalue weighted by atomic mass is 32.2. The molecule has 1 fully saturated rings. The van der Waals surface area contributed by atoms with Crippen LogP contribution >= 0.6 is 0 Å². The third kappa shape index (κ3) is 2.32. The Morgan fingerprint density at radius 3 is 2.06 bits per heavy atom. The first-order valence-corrected chi connectivity index (χ1v) is 6.47. The van der Waals surface area contributed by atoms with E-state index < -0.39 is 28.0 Å². The summed E-state index contributed by atoms with van der Waals surface area (Å²) in [6, 6.07) is 4.41. The predicted octanol–water partition coefficient (Wildman–Crippen LogP) is -0.448. The SMILES string of the molecule is O=S(=O)(c1ccc(F)cc1)N1CC(O)C(O)C1. The van der Waals surface area contributed by atoms with Crippen LogP contribution in [0.25, 0.3) is 0 Å². The van der Waals surface area contributed by atoms with Crippen molar-refractivity contribution in [3.63, 3.8) is 0 Å². The van der Waals surface area contributed by atoms with Gasteiger partial charge in [-0.3, -0.25) is 0 Å². The second-order valence-corrected chi connectivity index (χ2v) is 5.85. The number of halogens is 1. The predicted molar refractivity (Wildman–Crippen MR) is 57.2 cm³/mol. The van der Waals surface area contributed by atoms with E-state index in [1.54, 1.807) is 0 Å². The molecule has 0 aliphatic carbocycles. The first-order valence-electron chi connectivity index (χ1n) is 5.03. The molecular formula is C10H12FNO4S. The van der Waals surface area contributed by atoms with E-state index in [1.807, 2.05) is 0 Å². The Bertz CT molecular complexity index is 492. The van der Waals surface area contributed by atoms with Gasteiger partial charge in [0.1, 0.15) is 5.82 Å². The normalized spacial score (nSPS) is 26.3. The van der Waals surface area contributed by atoms with Gasteiger partial charge in [0.2, 0.25) is 10.0 Å². The standard InChI is InChI=1S/C10H12FNO4S/c11-7-1-3-8(4-2-7)17(15,16)12-5-9(13)10(14)6-12/h1-4,9-10,13-14H,5-6H2. The Hall–Kier alpha value is -1.02. The van der Waals surface area contributed by atoms with Gasteiger partial charge in [-0.15, -0.1) is 0 Å². The Morgan fingerprint density at radius 1 is 1.12 bits per heavy atom. The van der Waals surface area contributed by atoms with Crippen LogP contribution in [-0.4, -0.2) is 48.2 Å². The van der Waals surface area contributed by atoms with Gasteiger partial charge in [0, 0.05) is 13.1 Å². The second kappa shape index (κ2) is 4.34. The van der Waals surface area contributed by atoms with Gasteiger partial charge < -0.3 is 10.2 Å². The molecule has 2 atom stereocenters. The maximum Gasteiger partial charge on any atom is 0.243 e. The van der Waals surface area contributed by atoms with E-state index in [9.17, 15) is 23.0 Å². The van der Waals surface area contributed by atoms with E-state index in [0.717, 1.165) is 28.6 Å². The highest BCUT2D eigenvalue weighted by molar-refractivity contribution is 7.89. The van der Waals surface area contributed by atoms with Crippen molar-refractivity contribution in [3.05, 3.63) is 30.1 Å². The third-order valence-corrected chi connectivity index (χ3v) is 4.52. The minimum atomic E-state index is -3.77. The smallest absolute Gasteiger partial charge is 0.243 e. The molecule has 1 heterocycles. The van der Waals surface area contributed by atoms with E-state index in [1.165, 1.54) is 0 Å². The highest BCUT2D eigenvalue weighted by Crippen LogP contribution is 2.21. The van der Waals surface area contributed by atoms with Crippen molar-refractivity contribution in [2.24, 2.45) is 0 Å². The minimum Gasteiger partial charge on any atom is -0.389 e. The fourth-order valence-electron chi connectivity index (χ4n) is 1.69. The van der Waals surface area contributed by atoms with Crippen molar-refractivity contribution in [2.75, 3.05) is 13.1 Å². The molecule has 17 heavy (non-hydrogen) atoms. The summed E-state index contributed by atoms with van der Waals surface area (Å²) in [7, 11) is -3.77. The summed E-state index contributed by atoms with van der Waals surface area (Å²) in [5.41, 5.74) is 0. The van der Waals surface area contributed by atoms with Crippen molar-refractivity contribution in [3.8, 4) is 0 Å². The van der Waals surface area contributed by atoms with E-state index in [2.05, 4.69) is 0 Å². The lowest BCUT2D eigenvalue weighted by atomic mass is 10.3. The fourth-order valence-corrected chi connectivity index (χ4v) is 3.16. The Balaban J connectivity index is 2.28. The summed E-state index contributed by atoms with van der Waals surface area (Å²) in [4.78, 5) is -0.0554. The number of aliphatic hydroxyl groups excluding tert-OH is 2. The molecule has 0 saturated carbocycles. The van der Waals surface area contributed by atoms with Crippen LogP contribution in [0, 0.1) is 5.82 Å². The largest absolute Gasteiger partial charge is 0.389 e. The first kappa shape index (κ1) is 12.4. The lowest BCUT2D eigenvalue weighted by molar-refractivity contribution is 0.0572. The van der Waals surface area contributed by atoms with Gasteiger partial charge in [0.15, 0.2) is 0 Å². The zero-order valence-corrected chi connectivity index (χ0v) is 9.64. The Morgan fingerprint density at radius 2 is 1.59 bits per heavy atom. The Kier molecular flexibility index (Phi) is 3.17. The van der Waals surface area contributed by atoms with Crippen LogP contribution < -0.4 is 0 Å². The van der Waals surface area contributed by atoms with Crippen molar-refractivity contribution in [1.29, 1.82) is 0 Å². The van der Waals surface area contributed by atoms with Gasteiger partial charge in [0.25, 0.3) is 0 Å². The second-order valence-electron chi connectivity index (χ2n) is 3.91. The van der Waals surface area contributed by atoms with Crippen LogP contribution in [0.5, 0.6) is 0 Å². The molecular weight excluding hydrogens is 249 g/mol. The van der Waals surface area contributed by atoms with Crippen molar-refractivity contribution >= 4 is 10.0 Å². The van der Waals surface area contributed by atoms with E-state index >= 15 is 0 Å². The maximum atomic E-state index is 12.7. The molecule has 2 rings (SSSR count).